The van der Waals surface area contributed by atoms with Crippen LogP contribution < -0.4 is 5.73 Å². The van der Waals surface area contributed by atoms with Crippen LogP contribution in [0.3, 0.4) is 0 Å². The highest BCUT2D eigenvalue weighted by atomic mass is 35.5. The summed E-state index contributed by atoms with van der Waals surface area (Å²) in [6, 6.07) is 0.217. The van der Waals surface area contributed by atoms with Gasteiger partial charge in [-0.05, 0) is 31.1 Å². The Balaban J connectivity index is 0.00000133. The van der Waals surface area contributed by atoms with Crippen molar-refractivity contribution in [1.82, 2.24) is 4.90 Å². The van der Waals surface area contributed by atoms with Crippen molar-refractivity contribution in [3.8, 4) is 0 Å². The highest BCUT2D eigenvalue weighted by Gasteiger charge is 2.48. The number of likely N-dealkylation sites (tertiary alicyclic amines) is 1. The maximum Gasteiger partial charge on any atom is 0.226 e. The quantitative estimate of drug-likeness (QED) is 0.848. The van der Waals surface area contributed by atoms with Gasteiger partial charge in [0.05, 0.1) is 0 Å². The van der Waals surface area contributed by atoms with Crippen LogP contribution in [0.25, 0.3) is 0 Å². The molecule has 3 unspecified atom stereocenters. The summed E-state index contributed by atoms with van der Waals surface area (Å²) in [5.41, 5.74) is 5.97. The number of carbonyl (C=O) groups is 1. The Kier molecular flexibility index (Phi) is 5.13. The van der Waals surface area contributed by atoms with E-state index in [1.54, 1.807) is 0 Å². The van der Waals surface area contributed by atoms with Gasteiger partial charge in [-0.25, -0.2) is 0 Å². The molecule has 2 saturated carbocycles. The van der Waals surface area contributed by atoms with Crippen LogP contribution in [0.15, 0.2) is 0 Å². The monoisotopic (exact) mass is 286 g/mol. The number of rotatable bonds is 2. The Bertz CT molecular complexity index is 317. The Labute approximate surface area is 122 Å². The first-order valence-corrected chi connectivity index (χ1v) is 7.80. The minimum atomic E-state index is 0. The normalized spacial score (nSPS) is 35.6. The summed E-state index contributed by atoms with van der Waals surface area (Å²) in [5, 5.41) is 0. The number of nitrogens with zero attached hydrogens (tertiary/aromatic N) is 1. The molecule has 3 rings (SSSR count). The van der Waals surface area contributed by atoms with Gasteiger partial charge >= 0.3 is 0 Å². The number of hydrogen-bond donors (Lipinski definition) is 1. The molecule has 3 fully saturated rings. The summed E-state index contributed by atoms with van der Waals surface area (Å²) in [4.78, 5) is 14.5. The van der Waals surface area contributed by atoms with Crippen LogP contribution in [0.1, 0.15) is 51.4 Å². The van der Waals surface area contributed by atoms with Crippen molar-refractivity contribution >= 4 is 18.3 Å². The Morgan fingerprint density at radius 1 is 1.05 bits per heavy atom. The predicted molar refractivity (Wildman–Crippen MR) is 79.2 cm³/mol. The Morgan fingerprint density at radius 3 is 2.47 bits per heavy atom. The van der Waals surface area contributed by atoms with E-state index in [1.807, 2.05) is 4.90 Å². The van der Waals surface area contributed by atoms with E-state index in [0.717, 1.165) is 44.2 Å². The van der Waals surface area contributed by atoms with Crippen LogP contribution >= 0.6 is 12.4 Å². The number of hydrogen-bond acceptors (Lipinski definition) is 2. The van der Waals surface area contributed by atoms with Gasteiger partial charge < -0.3 is 10.6 Å². The van der Waals surface area contributed by atoms with Crippen molar-refractivity contribution in [2.45, 2.75) is 57.4 Å². The molecule has 2 N–H and O–H groups in total. The lowest BCUT2D eigenvalue weighted by atomic mass is 9.85. The zero-order valence-electron chi connectivity index (χ0n) is 11.7. The Morgan fingerprint density at radius 2 is 1.79 bits per heavy atom. The average molecular weight is 287 g/mol. The minimum absolute atomic E-state index is 0. The summed E-state index contributed by atoms with van der Waals surface area (Å²) in [5.74, 6) is 2.35. The second-order valence-electron chi connectivity index (χ2n) is 6.59. The molecule has 1 heterocycles. The first-order valence-electron chi connectivity index (χ1n) is 7.80. The minimum Gasteiger partial charge on any atom is -0.341 e. The van der Waals surface area contributed by atoms with Crippen molar-refractivity contribution in [3.63, 3.8) is 0 Å². The predicted octanol–water partition coefficient (Wildman–Crippen LogP) is 2.57. The molecule has 19 heavy (non-hydrogen) atoms. The SMILES string of the molecule is Cl.NC1CCCN(C(=O)C2CC2C2CCCCC2)C1. The molecule has 2 aliphatic carbocycles. The second kappa shape index (κ2) is 6.45. The van der Waals surface area contributed by atoms with Gasteiger partial charge in [0.25, 0.3) is 0 Å². The van der Waals surface area contributed by atoms with E-state index in [1.165, 1.54) is 32.1 Å². The van der Waals surface area contributed by atoms with Gasteiger partial charge in [-0.1, -0.05) is 32.1 Å². The topological polar surface area (TPSA) is 46.3 Å². The molecule has 3 nitrogen and oxygen atoms in total. The van der Waals surface area contributed by atoms with Crippen molar-refractivity contribution in [2.75, 3.05) is 13.1 Å². The van der Waals surface area contributed by atoms with Crippen LogP contribution in [0.5, 0.6) is 0 Å². The Hall–Kier alpha value is -0.280. The summed E-state index contributed by atoms with van der Waals surface area (Å²) in [6.07, 6.45) is 10.3. The van der Waals surface area contributed by atoms with E-state index in [-0.39, 0.29) is 18.4 Å². The van der Waals surface area contributed by atoms with Gasteiger partial charge in [0.15, 0.2) is 0 Å². The first kappa shape index (κ1) is 15.1. The third kappa shape index (κ3) is 3.43. The smallest absolute Gasteiger partial charge is 0.226 e. The fourth-order valence-electron chi connectivity index (χ4n) is 4.03. The summed E-state index contributed by atoms with van der Waals surface area (Å²) >= 11 is 0. The molecular weight excluding hydrogens is 260 g/mol. The molecule has 1 saturated heterocycles. The number of amides is 1. The highest BCUT2D eigenvalue weighted by molar-refractivity contribution is 5.85. The third-order valence-corrected chi connectivity index (χ3v) is 5.18. The summed E-state index contributed by atoms with van der Waals surface area (Å²) < 4.78 is 0. The van der Waals surface area contributed by atoms with Gasteiger partial charge in [0.1, 0.15) is 0 Å². The van der Waals surface area contributed by atoms with Crippen LogP contribution in [0.4, 0.5) is 0 Å². The lowest BCUT2D eigenvalue weighted by molar-refractivity contribution is -0.134. The lowest BCUT2D eigenvalue weighted by Crippen LogP contribution is -2.46. The third-order valence-electron chi connectivity index (χ3n) is 5.18. The van der Waals surface area contributed by atoms with Crippen molar-refractivity contribution in [1.29, 1.82) is 0 Å². The summed E-state index contributed by atoms with van der Waals surface area (Å²) in [6.45, 7) is 1.74. The van der Waals surface area contributed by atoms with E-state index < -0.39 is 0 Å². The maximum atomic E-state index is 12.4. The van der Waals surface area contributed by atoms with E-state index in [2.05, 4.69) is 0 Å². The number of carbonyl (C=O) groups excluding carboxylic acids is 1. The molecule has 0 spiro atoms. The molecule has 1 aliphatic heterocycles. The fourth-order valence-corrected chi connectivity index (χ4v) is 4.03. The molecule has 3 aliphatic rings. The molecule has 0 radical (unpaired) electrons. The van der Waals surface area contributed by atoms with E-state index in [9.17, 15) is 4.79 Å². The first-order chi connectivity index (χ1) is 8.75. The van der Waals surface area contributed by atoms with Crippen LogP contribution in [0, 0.1) is 17.8 Å². The molecule has 4 heteroatoms. The number of halogens is 1. The zero-order valence-corrected chi connectivity index (χ0v) is 12.5. The lowest BCUT2D eigenvalue weighted by Gasteiger charge is -2.31. The van der Waals surface area contributed by atoms with E-state index in [4.69, 9.17) is 5.73 Å². The molecule has 110 valence electrons. The van der Waals surface area contributed by atoms with Gasteiger partial charge in [-0.15, -0.1) is 12.4 Å². The molecule has 0 aromatic rings. The van der Waals surface area contributed by atoms with Gasteiger partial charge in [0, 0.05) is 25.0 Å². The van der Waals surface area contributed by atoms with Gasteiger partial charge in [-0.3, -0.25) is 4.79 Å². The molecule has 0 aromatic heterocycles. The fraction of sp³-hybridized carbons (Fsp3) is 0.933. The van der Waals surface area contributed by atoms with E-state index >= 15 is 0 Å². The summed E-state index contributed by atoms with van der Waals surface area (Å²) in [7, 11) is 0. The molecule has 0 bridgehead atoms. The van der Waals surface area contributed by atoms with Crippen LogP contribution in [0.2, 0.25) is 0 Å². The van der Waals surface area contributed by atoms with E-state index in [0.29, 0.717) is 11.8 Å². The van der Waals surface area contributed by atoms with Gasteiger partial charge in [0.2, 0.25) is 5.91 Å². The molecule has 0 aromatic carbocycles. The molecule has 3 atom stereocenters. The molecular formula is C15H27ClN2O. The number of piperidine rings is 1. The van der Waals surface area contributed by atoms with Crippen molar-refractivity contribution in [2.24, 2.45) is 23.5 Å². The van der Waals surface area contributed by atoms with Crippen molar-refractivity contribution in [3.05, 3.63) is 0 Å². The molecule has 1 amide bonds. The highest BCUT2D eigenvalue weighted by Crippen LogP contribution is 2.50. The maximum absolute atomic E-state index is 12.4. The van der Waals surface area contributed by atoms with Gasteiger partial charge in [-0.2, -0.15) is 0 Å². The van der Waals surface area contributed by atoms with Crippen molar-refractivity contribution < 1.29 is 4.79 Å². The largest absolute Gasteiger partial charge is 0.341 e. The van der Waals surface area contributed by atoms with Crippen LogP contribution in [-0.2, 0) is 4.79 Å². The number of nitrogens with two attached hydrogens (primary N) is 1. The zero-order chi connectivity index (χ0) is 12.5. The average Bonchev–Trinajstić information content (AvgIpc) is 3.19. The standard InChI is InChI=1S/C15H26N2O.ClH/c16-12-7-4-8-17(10-12)15(18)14-9-13(14)11-5-2-1-3-6-11;/h11-14H,1-10,16H2;1H. The van der Waals surface area contributed by atoms with Crippen LogP contribution in [-0.4, -0.2) is 29.9 Å². The second-order valence-corrected chi connectivity index (χ2v) is 6.59.